The van der Waals surface area contributed by atoms with Crippen LogP contribution in [0.4, 0.5) is 5.69 Å². The first kappa shape index (κ1) is 20.4. The summed E-state index contributed by atoms with van der Waals surface area (Å²) in [6.07, 6.45) is 1.66. The number of benzene rings is 3. The van der Waals surface area contributed by atoms with Crippen LogP contribution in [0.25, 0.3) is 0 Å². The van der Waals surface area contributed by atoms with Gasteiger partial charge in [0, 0.05) is 43.8 Å². The van der Waals surface area contributed by atoms with Crippen LogP contribution in [0.3, 0.4) is 0 Å². The zero-order chi connectivity index (χ0) is 20.1. The SMILES string of the molecule is Cc1ccc(Sc2ccc(NC(=O)c3cccc(CS(C)=O)c3)cc2)cc1C. The number of nitrogens with one attached hydrogen (secondary N) is 1. The van der Waals surface area contributed by atoms with Gasteiger partial charge in [0.05, 0.1) is 0 Å². The predicted molar refractivity (Wildman–Crippen MR) is 119 cm³/mol. The third-order valence-electron chi connectivity index (χ3n) is 4.39. The van der Waals surface area contributed by atoms with Gasteiger partial charge in [0.15, 0.2) is 0 Å². The molecule has 3 aromatic rings. The first-order valence-corrected chi connectivity index (χ1v) is 11.5. The Bertz CT molecular complexity index is 1010. The van der Waals surface area contributed by atoms with Gasteiger partial charge < -0.3 is 5.32 Å². The minimum Gasteiger partial charge on any atom is -0.322 e. The fourth-order valence-electron chi connectivity index (χ4n) is 2.76. The van der Waals surface area contributed by atoms with Gasteiger partial charge in [-0.3, -0.25) is 9.00 Å². The van der Waals surface area contributed by atoms with Crippen molar-refractivity contribution in [1.29, 1.82) is 0 Å². The summed E-state index contributed by atoms with van der Waals surface area (Å²) in [7, 11) is -0.933. The van der Waals surface area contributed by atoms with E-state index in [4.69, 9.17) is 0 Å². The van der Waals surface area contributed by atoms with Gasteiger partial charge in [-0.2, -0.15) is 0 Å². The van der Waals surface area contributed by atoms with Crippen molar-refractivity contribution >= 4 is 34.2 Å². The molecule has 5 heteroatoms. The van der Waals surface area contributed by atoms with E-state index in [1.807, 2.05) is 36.4 Å². The average Bonchev–Trinajstić information content (AvgIpc) is 2.66. The van der Waals surface area contributed by atoms with Crippen LogP contribution in [0.2, 0.25) is 0 Å². The lowest BCUT2D eigenvalue weighted by molar-refractivity contribution is 0.102. The number of aryl methyl sites for hydroxylation is 2. The maximum absolute atomic E-state index is 12.5. The van der Waals surface area contributed by atoms with E-state index in [9.17, 15) is 9.00 Å². The van der Waals surface area contributed by atoms with Gasteiger partial charge in [-0.15, -0.1) is 0 Å². The molecule has 0 aliphatic rings. The normalized spacial score (nSPS) is 11.8. The molecule has 0 aromatic heterocycles. The van der Waals surface area contributed by atoms with Crippen LogP contribution in [0.15, 0.2) is 76.5 Å². The van der Waals surface area contributed by atoms with Gasteiger partial charge in [-0.05, 0) is 79.1 Å². The third-order valence-corrected chi connectivity index (χ3v) is 6.12. The Hall–Kier alpha value is -2.37. The molecule has 0 heterocycles. The second kappa shape index (κ2) is 9.22. The molecule has 0 aliphatic heterocycles. The molecule has 144 valence electrons. The van der Waals surface area contributed by atoms with Crippen molar-refractivity contribution in [2.45, 2.75) is 29.4 Å². The van der Waals surface area contributed by atoms with Gasteiger partial charge in [-0.25, -0.2) is 0 Å². The zero-order valence-corrected chi connectivity index (χ0v) is 17.8. The summed E-state index contributed by atoms with van der Waals surface area (Å²) in [5, 5.41) is 2.92. The quantitative estimate of drug-likeness (QED) is 0.578. The monoisotopic (exact) mass is 409 g/mol. The predicted octanol–water partition coefficient (Wildman–Crippen LogP) is 5.59. The number of anilines is 1. The molecule has 1 unspecified atom stereocenters. The second-order valence-corrected chi connectivity index (χ2v) is 9.33. The Labute approximate surface area is 173 Å². The smallest absolute Gasteiger partial charge is 0.255 e. The van der Waals surface area contributed by atoms with E-state index in [0.29, 0.717) is 11.3 Å². The zero-order valence-electron chi connectivity index (χ0n) is 16.2. The maximum Gasteiger partial charge on any atom is 0.255 e. The molecule has 0 saturated carbocycles. The Morgan fingerprint density at radius 1 is 0.929 bits per heavy atom. The van der Waals surface area contributed by atoms with E-state index in [2.05, 4.69) is 37.4 Å². The van der Waals surface area contributed by atoms with Crippen LogP contribution in [0.1, 0.15) is 27.0 Å². The van der Waals surface area contributed by atoms with Crippen LogP contribution < -0.4 is 5.32 Å². The molecule has 1 atom stereocenters. The fourth-order valence-corrected chi connectivity index (χ4v) is 4.33. The van der Waals surface area contributed by atoms with Crippen LogP contribution >= 0.6 is 11.8 Å². The van der Waals surface area contributed by atoms with Gasteiger partial charge in [0.2, 0.25) is 0 Å². The van der Waals surface area contributed by atoms with Gasteiger partial charge >= 0.3 is 0 Å². The number of hydrogen-bond acceptors (Lipinski definition) is 3. The van der Waals surface area contributed by atoms with Crippen molar-refractivity contribution in [3.8, 4) is 0 Å². The first-order chi connectivity index (χ1) is 13.4. The molecule has 1 N–H and O–H groups in total. The van der Waals surface area contributed by atoms with E-state index >= 15 is 0 Å². The fraction of sp³-hybridized carbons (Fsp3) is 0.174. The largest absolute Gasteiger partial charge is 0.322 e. The molecule has 3 nitrogen and oxygen atoms in total. The molecule has 1 amide bonds. The summed E-state index contributed by atoms with van der Waals surface area (Å²) in [5.41, 5.74) is 4.78. The van der Waals surface area contributed by atoms with Crippen molar-refractivity contribution in [1.82, 2.24) is 0 Å². The van der Waals surface area contributed by atoms with Gasteiger partial charge in [-0.1, -0.05) is 30.0 Å². The Morgan fingerprint density at radius 2 is 1.64 bits per heavy atom. The molecule has 0 spiro atoms. The highest BCUT2D eigenvalue weighted by molar-refractivity contribution is 7.99. The lowest BCUT2D eigenvalue weighted by atomic mass is 10.1. The van der Waals surface area contributed by atoms with Crippen LogP contribution in [-0.4, -0.2) is 16.4 Å². The number of hydrogen-bond donors (Lipinski definition) is 1. The number of carbonyl (C=O) groups excluding carboxylic acids is 1. The molecule has 3 rings (SSSR count). The molecular weight excluding hydrogens is 386 g/mol. The summed E-state index contributed by atoms with van der Waals surface area (Å²) < 4.78 is 11.4. The molecule has 3 aromatic carbocycles. The Kier molecular flexibility index (Phi) is 6.70. The van der Waals surface area contributed by atoms with E-state index in [1.165, 1.54) is 16.0 Å². The first-order valence-electron chi connectivity index (χ1n) is 8.96. The topological polar surface area (TPSA) is 46.2 Å². The van der Waals surface area contributed by atoms with Crippen molar-refractivity contribution in [3.05, 3.63) is 89.0 Å². The Balaban J connectivity index is 1.66. The molecule has 0 aliphatic carbocycles. The third kappa shape index (κ3) is 5.57. The molecule has 0 bridgehead atoms. The van der Waals surface area contributed by atoms with Crippen molar-refractivity contribution < 1.29 is 9.00 Å². The highest BCUT2D eigenvalue weighted by Gasteiger charge is 2.08. The van der Waals surface area contributed by atoms with E-state index in [1.54, 1.807) is 30.2 Å². The van der Waals surface area contributed by atoms with E-state index < -0.39 is 10.8 Å². The summed E-state index contributed by atoms with van der Waals surface area (Å²) >= 11 is 1.70. The van der Waals surface area contributed by atoms with Crippen molar-refractivity contribution in [2.75, 3.05) is 11.6 Å². The maximum atomic E-state index is 12.5. The molecular formula is C23H23NO2S2. The minimum absolute atomic E-state index is 0.168. The van der Waals surface area contributed by atoms with E-state index in [-0.39, 0.29) is 5.91 Å². The number of carbonyl (C=O) groups is 1. The van der Waals surface area contributed by atoms with Gasteiger partial charge in [0.1, 0.15) is 0 Å². The summed E-state index contributed by atoms with van der Waals surface area (Å²) in [4.78, 5) is 14.8. The average molecular weight is 410 g/mol. The van der Waals surface area contributed by atoms with Crippen molar-refractivity contribution in [2.24, 2.45) is 0 Å². The molecule has 0 radical (unpaired) electrons. The Morgan fingerprint density at radius 3 is 2.32 bits per heavy atom. The molecule has 0 saturated heterocycles. The summed E-state index contributed by atoms with van der Waals surface area (Å²) in [6, 6.07) is 21.5. The van der Waals surface area contributed by atoms with E-state index in [0.717, 1.165) is 16.1 Å². The highest BCUT2D eigenvalue weighted by atomic mass is 32.2. The lowest BCUT2D eigenvalue weighted by Crippen LogP contribution is -2.12. The summed E-state index contributed by atoms with van der Waals surface area (Å²) in [6.45, 7) is 4.23. The lowest BCUT2D eigenvalue weighted by Gasteiger charge is -2.08. The second-order valence-electron chi connectivity index (χ2n) is 6.74. The standard InChI is InChI=1S/C23H23NO2S2/c1-16-7-10-22(13-17(16)2)27-21-11-8-20(9-12-21)24-23(25)19-6-4-5-18(14-19)15-28(3)26/h4-14H,15H2,1-3H3,(H,24,25). The number of rotatable bonds is 6. The van der Waals surface area contributed by atoms with Crippen LogP contribution in [0, 0.1) is 13.8 Å². The van der Waals surface area contributed by atoms with Crippen molar-refractivity contribution in [3.63, 3.8) is 0 Å². The molecule has 0 fully saturated rings. The number of amides is 1. The highest BCUT2D eigenvalue weighted by Crippen LogP contribution is 2.30. The van der Waals surface area contributed by atoms with Crippen LogP contribution in [0.5, 0.6) is 0 Å². The molecule has 28 heavy (non-hydrogen) atoms. The minimum atomic E-state index is -0.933. The van der Waals surface area contributed by atoms with Crippen LogP contribution in [-0.2, 0) is 16.6 Å². The summed E-state index contributed by atoms with van der Waals surface area (Å²) in [5.74, 6) is 0.282. The van der Waals surface area contributed by atoms with Gasteiger partial charge in [0.25, 0.3) is 5.91 Å².